The summed E-state index contributed by atoms with van der Waals surface area (Å²) in [5.74, 6) is 0. The highest BCUT2D eigenvalue weighted by atomic mass is 16.1. The molecule has 0 saturated heterocycles. The maximum Gasteiger partial charge on any atom is 0.254 e. The molecule has 4 rings (SSSR count). The second-order valence-electron chi connectivity index (χ2n) is 7.24. The molecule has 0 aliphatic rings. The van der Waals surface area contributed by atoms with Crippen LogP contribution in [-0.4, -0.2) is 14.6 Å². The van der Waals surface area contributed by atoms with E-state index in [1.807, 2.05) is 66.0 Å². The summed E-state index contributed by atoms with van der Waals surface area (Å²) in [6, 6.07) is 19.8. The zero-order valence-electron chi connectivity index (χ0n) is 16.6. The van der Waals surface area contributed by atoms with Crippen molar-refractivity contribution < 1.29 is 0 Å². The van der Waals surface area contributed by atoms with Gasteiger partial charge in [-0.05, 0) is 36.1 Å². The topological polar surface area (TPSA) is 73.9 Å². The number of nitrogens with one attached hydrogen (secondary N) is 1. The second kappa shape index (κ2) is 7.76. The van der Waals surface area contributed by atoms with Gasteiger partial charge in [-0.3, -0.25) is 4.79 Å². The van der Waals surface area contributed by atoms with E-state index in [2.05, 4.69) is 23.1 Å². The number of aryl methyl sites for hydroxylation is 2. The standard InChI is InChI=1S/C24H22N4O/c1-3-6-22-21(24(29)26-23-13-16(2)27-28(22)23)14-17-9-11-18(12-10-17)20-8-5-4-7-19(20)15-25/h4-5,7-13H,3,6,14H2,1-2H3,(H,26,29). The summed E-state index contributed by atoms with van der Waals surface area (Å²) in [6.45, 7) is 4.03. The van der Waals surface area contributed by atoms with E-state index in [0.717, 1.165) is 52.1 Å². The zero-order valence-corrected chi connectivity index (χ0v) is 16.6. The Morgan fingerprint density at radius 3 is 2.62 bits per heavy atom. The van der Waals surface area contributed by atoms with Crippen LogP contribution in [0.4, 0.5) is 0 Å². The number of benzene rings is 2. The Kier molecular flexibility index (Phi) is 5.01. The SMILES string of the molecule is CCCc1c(Cc2ccc(-c3ccccc3C#N)cc2)c(=O)[nH]c2cc(C)nn12. The molecule has 5 nitrogen and oxygen atoms in total. The van der Waals surface area contributed by atoms with Crippen molar-refractivity contribution in [2.45, 2.75) is 33.1 Å². The maximum absolute atomic E-state index is 12.8. The number of rotatable bonds is 5. The molecule has 4 aromatic rings. The van der Waals surface area contributed by atoms with Crippen LogP contribution in [0.2, 0.25) is 0 Å². The Hall–Kier alpha value is -3.65. The molecule has 0 spiro atoms. The summed E-state index contributed by atoms with van der Waals surface area (Å²) in [4.78, 5) is 15.7. The van der Waals surface area contributed by atoms with E-state index in [0.29, 0.717) is 12.0 Å². The van der Waals surface area contributed by atoms with Gasteiger partial charge in [0.15, 0.2) is 0 Å². The lowest BCUT2D eigenvalue weighted by molar-refractivity contribution is 0.765. The fraction of sp³-hybridized carbons (Fsp3) is 0.208. The van der Waals surface area contributed by atoms with Gasteiger partial charge < -0.3 is 4.98 Å². The molecule has 29 heavy (non-hydrogen) atoms. The van der Waals surface area contributed by atoms with Crippen molar-refractivity contribution in [1.29, 1.82) is 5.26 Å². The zero-order chi connectivity index (χ0) is 20.4. The third-order valence-electron chi connectivity index (χ3n) is 5.13. The van der Waals surface area contributed by atoms with Crippen LogP contribution in [0.25, 0.3) is 16.8 Å². The lowest BCUT2D eigenvalue weighted by Gasteiger charge is -2.11. The molecular weight excluding hydrogens is 360 g/mol. The fourth-order valence-electron chi connectivity index (χ4n) is 3.76. The van der Waals surface area contributed by atoms with Crippen molar-refractivity contribution in [1.82, 2.24) is 14.6 Å². The van der Waals surface area contributed by atoms with E-state index in [1.165, 1.54) is 0 Å². The number of H-pyrrole nitrogens is 1. The summed E-state index contributed by atoms with van der Waals surface area (Å²) in [5.41, 5.74) is 6.91. The molecule has 144 valence electrons. The molecule has 0 aliphatic heterocycles. The molecule has 0 aliphatic carbocycles. The number of nitrogens with zero attached hydrogens (tertiary/aromatic N) is 3. The Morgan fingerprint density at radius 2 is 1.90 bits per heavy atom. The van der Waals surface area contributed by atoms with Crippen LogP contribution in [0.5, 0.6) is 0 Å². The van der Waals surface area contributed by atoms with Crippen LogP contribution in [-0.2, 0) is 12.8 Å². The van der Waals surface area contributed by atoms with Crippen molar-refractivity contribution in [3.05, 3.63) is 93.0 Å². The molecule has 2 aromatic carbocycles. The Bertz CT molecular complexity index is 1270. The van der Waals surface area contributed by atoms with E-state index in [1.54, 1.807) is 0 Å². The van der Waals surface area contributed by atoms with Crippen molar-refractivity contribution in [3.8, 4) is 17.2 Å². The summed E-state index contributed by atoms with van der Waals surface area (Å²) in [7, 11) is 0. The van der Waals surface area contributed by atoms with E-state index in [-0.39, 0.29) is 5.56 Å². The molecule has 0 radical (unpaired) electrons. The maximum atomic E-state index is 12.8. The normalized spacial score (nSPS) is 10.9. The quantitative estimate of drug-likeness (QED) is 0.555. The lowest BCUT2D eigenvalue weighted by atomic mass is 9.97. The van der Waals surface area contributed by atoms with Gasteiger partial charge in [-0.25, -0.2) is 4.52 Å². The molecule has 0 bridgehead atoms. The van der Waals surface area contributed by atoms with E-state index in [4.69, 9.17) is 0 Å². The number of aromatic nitrogens is 3. The molecule has 0 unspecified atom stereocenters. The molecular formula is C24H22N4O. The van der Waals surface area contributed by atoms with Crippen LogP contribution in [0, 0.1) is 18.3 Å². The molecule has 5 heteroatoms. The van der Waals surface area contributed by atoms with Gasteiger partial charge in [0, 0.05) is 18.1 Å². The number of hydrogen-bond donors (Lipinski definition) is 1. The second-order valence-corrected chi connectivity index (χ2v) is 7.24. The Balaban J connectivity index is 1.72. The minimum Gasteiger partial charge on any atom is -0.307 e. The monoisotopic (exact) mass is 382 g/mol. The lowest BCUT2D eigenvalue weighted by Crippen LogP contribution is -2.20. The van der Waals surface area contributed by atoms with Crippen LogP contribution in [0.1, 0.15) is 41.4 Å². The van der Waals surface area contributed by atoms with Crippen molar-refractivity contribution in [2.24, 2.45) is 0 Å². The first kappa shape index (κ1) is 18.7. The predicted octanol–water partition coefficient (Wildman–Crippen LogP) is 4.41. The van der Waals surface area contributed by atoms with Gasteiger partial charge in [-0.2, -0.15) is 10.4 Å². The molecule has 0 saturated carbocycles. The minimum absolute atomic E-state index is 0.0558. The molecule has 0 atom stereocenters. The highest BCUT2D eigenvalue weighted by Gasteiger charge is 2.14. The summed E-state index contributed by atoms with van der Waals surface area (Å²) >= 11 is 0. The Labute approximate surface area is 169 Å². The molecule has 0 amide bonds. The first-order valence-electron chi connectivity index (χ1n) is 9.79. The van der Waals surface area contributed by atoms with Crippen LogP contribution >= 0.6 is 0 Å². The molecule has 1 N–H and O–H groups in total. The van der Waals surface area contributed by atoms with E-state index >= 15 is 0 Å². The first-order chi connectivity index (χ1) is 14.1. The average molecular weight is 382 g/mol. The fourth-order valence-corrected chi connectivity index (χ4v) is 3.76. The summed E-state index contributed by atoms with van der Waals surface area (Å²) < 4.78 is 1.87. The third-order valence-corrected chi connectivity index (χ3v) is 5.13. The van der Waals surface area contributed by atoms with Crippen LogP contribution in [0.15, 0.2) is 59.4 Å². The highest BCUT2D eigenvalue weighted by Crippen LogP contribution is 2.24. The number of nitriles is 1. The van der Waals surface area contributed by atoms with Gasteiger partial charge in [0.2, 0.25) is 0 Å². The van der Waals surface area contributed by atoms with Crippen LogP contribution in [0.3, 0.4) is 0 Å². The average Bonchev–Trinajstić information content (AvgIpc) is 3.11. The number of fused-ring (bicyclic) bond motifs is 1. The summed E-state index contributed by atoms with van der Waals surface area (Å²) in [6.07, 6.45) is 2.28. The van der Waals surface area contributed by atoms with Gasteiger partial charge in [-0.1, -0.05) is 55.8 Å². The van der Waals surface area contributed by atoms with E-state index in [9.17, 15) is 10.1 Å². The smallest absolute Gasteiger partial charge is 0.254 e. The largest absolute Gasteiger partial charge is 0.307 e. The predicted molar refractivity (Wildman–Crippen MR) is 114 cm³/mol. The van der Waals surface area contributed by atoms with Gasteiger partial charge in [0.05, 0.1) is 23.0 Å². The third kappa shape index (κ3) is 3.57. The molecule has 0 fully saturated rings. The van der Waals surface area contributed by atoms with Gasteiger partial charge in [-0.15, -0.1) is 0 Å². The van der Waals surface area contributed by atoms with Gasteiger partial charge >= 0.3 is 0 Å². The van der Waals surface area contributed by atoms with Gasteiger partial charge in [0.1, 0.15) is 5.65 Å². The highest BCUT2D eigenvalue weighted by molar-refractivity contribution is 5.70. The number of aromatic amines is 1. The van der Waals surface area contributed by atoms with Crippen molar-refractivity contribution in [2.75, 3.05) is 0 Å². The summed E-state index contributed by atoms with van der Waals surface area (Å²) in [5, 5.41) is 13.9. The van der Waals surface area contributed by atoms with Crippen molar-refractivity contribution in [3.63, 3.8) is 0 Å². The molecule has 2 heterocycles. The minimum atomic E-state index is -0.0558. The van der Waals surface area contributed by atoms with E-state index < -0.39 is 0 Å². The molecule has 2 aromatic heterocycles. The number of hydrogen-bond acceptors (Lipinski definition) is 3. The van der Waals surface area contributed by atoms with Crippen LogP contribution < -0.4 is 5.56 Å². The van der Waals surface area contributed by atoms with Gasteiger partial charge in [0.25, 0.3) is 5.56 Å². The first-order valence-corrected chi connectivity index (χ1v) is 9.79. The Morgan fingerprint density at radius 1 is 1.14 bits per heavy atom. The van der Waals surface area contributed by atoms with Crippen molar-refractivity contribution >= 4 is 5.65 Å².